The van der Waals surface area contributed by atoms with Crippen LogP contribution in [0.4, 0.5) is 21.7 Å². The quantitative estimate of drug-likeness (QED) is 0.521. The Labute approximate surface area is 195 Å². The van der Waals surface area contributed by atoms with Gasteiger partial charge in [0.1, 0.15) is 29.1 Å². The summed E-state index contributed by atoms with van der Waals surface area (Å²) < 4.78 is 22.0. The van der Waals surface area contributed by atoms with Crippen LogP contribution in [0.1, 0.15) is 42.6 Å². The molecule has 180 valence electrons. The van der Waals surface area contributed by atoms with E-state index in [0.717, 1.165) is 12.8 Å². The highest BCUT2D eigenvalue weighted by molar-refractivity contribution is 6.00. The summed E-state index contributed by atoms with van der Waals surface area (Å²) in [5.41, 5.74) is 0.668. The minimum atomic E-state index is -0.992. The molecule has 1 amide bonds. The number of fused-ring (bicyclic) bond motifs is 1. The summed E-state index contributed by atoms with van der Waals surface area (Å²) in [5.74, 6) is 0.814. The van der Waals surface area contributed by atoms with Crippen LogP contribution < -0.4 is 21.1 Å². The molecule has 2 fully saturated rings. The molecule has 3 aromatic rings. The molecule has 0 aliphatic heterocycles. The molecule has 0 unspecified atom stereocenters. The van der Waals surface area contributed by atoms with E-state index in [0.29, 0.717) is 35.8 Å². The average molecular weight is 470 g/mol. The van der Waals surface area contributed by atoms with E-state index < -0.39 is 12.2 Å². The molecule has 5 rings (SSSR count). The number of methoxy groups -OCH3 is 1. The SMILES string of the molecule is CCN(C)c1cc(Nc2cccn([C@H]3C[C@@H]3F)c2=O)nc2c(C(=O)N[C@H]3CC[C@@H]3OC)cnn12. The maximum atomic E-state index is 13.6. The zero-order valence-corrected chi connectivity index (χ0v) is 19.4. The lowest BCUT2D eigenvalue weighted by Crippen LogP contribution is -2.51. The minimum absolute atomic E-state index is 0.00778. The number of halogens is 1. The van der Waals surface area contributed by atoms with Gasteiger partial charge in [-0.15, -0.1) is 0 Å². The van der Waals surface area contributed by atoms with Crippen LogP contribution in [0.15, 0.2) is 35.4 Å². The topological polar surface area (TPSA) is 106 Å². The van der Waals surface area contributed by atoms with Gasteiger partial charge in [0, 0.05) is 39.4 Å². The first kappa shape index (κ1) is 22.3. The Balaban J connectivity index is 1.51. The third-order valence-corrected chi connectivity index (χ3v) is 6.67. The van der Waals surface area contributed by atoms with E-state index >= 15 is 0 Å². The highest BCUT2D eigenvalue weighted by atomic mass is 19.1. The number of anilines is 3. The number of alkyl halides is 1. The van der Waals surface area contributed by atoms with Crippen LogP contribution in [-0.2, 0) is 4.74 Å². The van der Waals surface area contributed by atoms with Crippen molar-refractivity contribution in [2.75, 3.05) is 30.9 Å². The Morgan fingerprint density at radius 1 is 1.38 bits per heavy atom. The average Bonchev–Trinajstić information content (AvgIpc) is 3.38. The summed E-state index contributed by atoms with van der Waals surface area (Å²) >= 11 is 0. The number of carbonyl (C=O) groups is 1. The second kappa shape index (κ2) is 8.71. The monoisotopic (exact) mass is 469 g/mol. The van der Waals surface area contributed by atoms with E-state index in [1.165, 1.54) is 10.8 Å². The molecule has 0 bridgehead atoms. The Morgan fingerprint density at radius 3 is 2.82 bits per heavy atom. The second-order valence-corrected chi connectivity index (χ2v) is 8.82. The number of hydrogen-bond donors (Lipinski definition) is 2. The molecule has 2 aliphatic carbocycles. The first-order valence-corrected chi connectivity index (χ1v) is 11.5. The van der Waals surface area contributed by atoms with Crippen molar-refractivity contribution in [1.29, 1.82) is 0 Å². The molecule has 2 N–H and O–H groups in total. The fraction of sp³-hybridized carbons (Fsp3) is 0.478. The van der Waals surface area contributed by atoms with Crippen LogP contribution >= 0.6 is 0 Å². The molecule has 0 radical (unpaired) electrons. The molecule has 11 heteroatoms. The Morgan fingerprint density at radius 2 is 2.18 bits per heavy atom. The van der Waals surface area contributed by atoms with Gasteiger partial charge in [0.25, 0.3) is 11.5 Å². The van der Waals surface area contributed by atoms with Gasteiger partial charge in [0.15, 0.2) is 5.65 Å². The van der Waals surface area contributed by atoms with Crippen molar-refractivity contribution >= 4 is 28.9 Å². The number of carbonyl (C=O) groups excluding carboxylic acids is 1. The molecule has 0 spiro atoms. The number of hydrogen-bond acceptors (Lipinski definition) is 7. The standard InChI is InChI=1S/C23H28FN7O3/c1-4-29(2)20-11-19(26-16-6-5-9-30(23(16)33)17-10-14(17)24)28-21-13(12-25-31(20)21)22(32)27-15-7-8-18(15)34-3/h5-6,9,11-12,14-15,17-18H,4,7-8,10H2,1-3H3,(H,26,28)(H,27,32)/t14-,15-,17-,18-/m0/s1. The molecule has 3 heterocycles. The van der Waals surface area contributed by atoms with E-state index in [2.05, 4.69) is 20.7 Å². The molecular weight excluding hydrogens is 441 g/mol. The molecule has 0 saturated heterocycles. The normalized spacial score (nSPS) is 23.4. The van der Waals surface area contributed by atoms with Gasteiger partial charge in [-0.25, -0.2) is 9.37 Å². The number of aromatic nitrogens is 4. The van der Waals surface area contributed by atoms with Gasteiger partial charge < -0.3 is 24.8 Å². The van der Waals surface area contributed by atoms with Crippen molar-refractivity contribution in [2.24, 2.45) is 0 Å². The van der Waals surface area contributed by atoms with Crippen LogP contribution in [-0.4, -0.2) is 64.1 Å². The third-order valence-electron chi connectivity index (χ3n) is 6.67. The van der Waals surface area contributed by atoms with Crippen molar-refractivity contribution in [1.82, 2.24) is 24.5 Å². The lowest BCUT2D eigenvalue weighted by molar-refractivity contribution is 0.00732. The second-order valence-electron chi connectivity index (χ2n) is 8.82. The van der Waals surface area contributed by atoms with E-state index in [4.69, 9.17) is 4.74 Å². The van der Waals surface area contributed by atoms with Crippen LogP contribution in [0.2, 0.25) is 0 Å². The first-order valence-electron chi connectivity index (χ1n) is 11.5. The fourth-order valence-corrected chi connectivity index (χ4v) is 4.21. The predicted molar refractivity (Wildman–Crippen MR) is 126 cm³/mol. The maximum Gasteiger partial charge on any atom is 0.274 e. The van der Waals surface area contributed by atoms with E-state index in [9.17, 15) is 14.0 Å². The predicted octanol–water partition coefficient (Wildman–Crippen LogP) is 2.28. The molecule has 34 heavy (non-hydrogen) atoms. The number of nitrogens with zero attached hydrogens (tertiary/aromatic N) is 5. The Hall–Kier alpha value is -3.47. The van der Waals surface area contributed by atoms with Crippen molar-refractivity contribution in [3.8, 4) is 0 Å². The number of nitrogens with one attached hydrogen (secondary N) is 2. The molecule has 10 nitrogen and oxygen atoms in total. The van der Waals surface area contributed by atoms with Crippen molar-refractivity contribution in [3.63, 3.8) is 0 Å². The lowest BCUT2D eigenvalue weighted by atomic mass is 9.89. The zero-order valence-electron chi connectivity index (χ0n) is 19.4. The van der Waals surface area contributed by atoms with Crippen LogP contribution in [0.3, 0.4) is 0 Å². The number of pyridine rings is 1. The largest absolute Gasteiger partial charge is 0.379 e. The lowest BCUT2D eigenvalue weighted by Gasteiger charge is -2.35. The molecule has 3 aromatic heterocycles. The number of rotatable bonds is 8. The van der Waals surface area contributed by atoms with Gasteiger partial charge in [0.2, 0.25) is 0 Å². The summed E-state index contributed by atoms with van der Waals surface area (Å²) in [4.78, 5) is 32.5. The molecule has 4 atom stereocenters. The minimum Gasteiger partial charge on any atom is -0.379 e. The van der Waals surface area contributed by atoms with Gasteiger partial charge in [0.05, 0.1) is 24.4 Å². The highest BCUT2D eigenvalue weighted by Gasteiger charge is 2.40. The van der Waals surface area contributed by atoms with E-state index in [1.807, 2.05) is 18.9 Å². The summed E-state index contributed by atoms with van der Waals surface area (Å²) in [6, 6.07) is 4.64. The van der Waals surface area contributed by atoms with Gasteiger partial charge in [-0.2, -0.15) is 9.61 Å². The van der Waals surface area contributed by atoms with Crippen LogP contribution in [0.5, 0.6) is 0 Å². The molecular formula is C23H28FN7O3. The van der Waals surface area contributed by atoms with Gasteiger partial charge in [-0.3, -0.25) is 9.59 Å². The summed E-state index contributed by atoms with van der Waals surface area (Å²) in [6.07, 6.45) is 4.22. The van der Waals surface area contributed by atoms with Crippen molar-refractivity contribution in [2.45, 2.75) is 50.5 Å². The summed E-state index contributed by atoms with van der Waals surface area (Å²) in [5, 5.41) is 10.5. The van der Waals surface area contributed by atoms with Crippen molar-refractivity contribution in [3.05, 3.63) is 46.5 Å². The Bertz CT molecular complexity index is 1290. The number of ether oxygens (including phenoxy) is 1. The van der Waals surface area contributed by atoms with E-state index in [-0.39, 0.29) is 29.3 Å². The van der Waals surface area contributed by atoms with Crippen LogP contribution in [0.25, 0.3) is 5.65 Å². The van der Waals surface area contributed by atoms with Gasteiger partial charge in [-0.05, 0) is 31.9 Å². The van der Waals surface area contributed by atoms with E-state index in [1.54, 1.807) is 36.0 Å². The molecule has 0 aromatic carbocycles. The van der Waals surface area contributed by atoms with Gasteiger partial charge in [-0.1, -0.05) is 0 Å². The van der Waals surface area contributed by atoms with Crippen LogP contribution in [0, 0.1) is 0 Å². The first-order chi connectivity index (χ1) is 16.4. The maximum absolute atomic E-state index is 13.6. The smallest absolute Gasteiger partial charge is 0.274 e. The molecule has 2 aliphatic rings. The third kappa shape index (κ3) is 3.89. The Kier molecular flexibility index (Phi) is 5.72. The van der Waals surface area contributed by atoms with Gasteiger partial charge >= 0.3 is 0 Å². The summed E-state index contributed by atoms with van der Waals surface area (Å²) in [7, 11) is 3.54. The fourth-order valence-electron chi connectivity index (χ4n) is 4.21. The zero-order chi connectivity index (χ0) is 24.0. The summed E-state index contributed by atoms with van der Waals surface area (Å²) in [6.45, 7) is 2.69. The molecule has 2 saturated carbocycles. The highest BCUT2D eigenvalue weighted by Crippen LogP contribution is 2.38. The van der Waals surface area contributed by atoms with Crippen molar-refractivity contribution < 1.29 is 13.9 Å². The number of amides is 1.